The van der Waals surface area contributed by atoms with Gasteiger partial charge in [0.15, 0.2) is 0 Å². The van der Waals surface area contributed by atoms with Crippen molar-refractivity contribution in [3.05, 3.63) is 183 Å². The van der Waals surface area contributed by atoms with Crippen LogP contribution in [0.15, 0.2) is 183 Å². The third-order valence-electron chi connectivity index (χ3n) is 8.91. The lowest BCUT2D eigenvalue weighted by molar-refractivity contribution is 1.13. The number of rotatable bonds is 4. The molecule has 0 saturated heterocycles. The average molecular weight is 589 g/mol. The summed E-state index contributed by atoms with van der Waals surface area (Å²) < 4.78 is 4.73. The highest BCUT2D eigenvalue weighted by Crippen LogP contribution is 2.39. The van der Waals surface area contributed by atoms with Crippen molar-refractivity contribution < 1.29 is 0 Å². The Labute approximate surface area is 268 Å². The predicted octanol–water partition coefficient (Wildman–Crippen LogP) is 12.0. The van der Waals surface area contributed by atoms with Crippen molar-refractivity contribution in [2.24, 2.45) is 0 Å². The van der Waals surface area contributed by atoms with Crippen LogP contribution in [0.1, 0.15) is 0 Å². The van der Waals surface area contributed by atoms with E-state index in [1.165, 1.54) is 71.4 Å². The molecule has 0 spiro atoms. The summed E-state index contributed by atoms with van der Waals surface area (Å²) in [6.07, 6.45) is 2.19. The van der Waals surface area contributed by atoms with Gasteiger partial charge in [0.1, 0.15) is 0 Å². The second-order valence-electron chi connectivity index (χ2n) is 11.5. The van der Waals surface area contributed by atoms with Gasteiger partial charge in [-0.25, -0.2) is 0 Å². The molecule has 0 atom stereocenters. The first kappa shape index (κ1) is 27.4. The van der Waals surface area contributed by atoms with Crippen LogP contribution >= 0.6 is 0 Å². The summed E-state index contributed by atoms with van der Waals surface area (Å²) in [6, 6.07) is 59.3. The number of nitrogens with zero attached hydrogens (tertiary/aromatic N) is 2. The molecule has 0 saturated carbocycles. The predicted molar refractivity (Wildman–Crippen MR) is 197 cm³/mol. The third-order valence-corrected chi connectivity index (χ3v) is 8.91. The van der Waals surface area contributed by atoms with Gasteiger partial charge in [0, 0.05) is 33.7 Å². The van der Waals surface area contributed by atoms with E-state index >= 15 is 0 Å². The van der Waals surface area contributed by atoms with Crippen molar-refractivity contribution >= 4 is 43.5 Å². The number of para-hydroxylation sites is 2. The van der Waals surface area contributed by atoms with E-state index in [-0.39, 0.29) is 0 Å². The molecule has 218 valence electrons. The third kappa shape index (κ3) is 4.51. The highest BCUT2D eigenvalue weighted by Gasteiger charge is 2.17. The van der Waals surface area contributed by atoms with Crippen LogP contribution in [-0.2, 0) is 0 Å². The zero-order chi connectivity index (χ0) is 31.0. The van der Waals surface area contributed by atoms with Gasteiger partial charge >= 0.3 is 0 Å². The summed E-state index contributed by atoms with van der Waals surface area (Å²) in [4.78, 5) is 0. The minimum atomic E-state index is 1.16. The molecule has 7 aromatic carbocycles. The Hall–Kier alpha value is -6.12. The largest absolute Gasteiger partial charge is 0.317 e. The second-order valence-corrected chi connectivity index (χ2v) is 11.5. The first-order valence-electron chi connectivity index (χ1n) is 15.6. The van der Waals surface area contributed by atoms with Crippen LogP contribution in [0.25, 0.3) is 77.1 Å². The molecule has 0 aliphatic rings. The topological polar surface area (TPSA) is 9.86 Å². The summed E-state index contributed by atoms with van der Waals surface area (Å²) in [5.41, 5.74) is 10.8. The Kier molecular flexibility index (Phi) is 6.81. The molecular weight excluding hydrogens is 556 g/mol. The van der Waals surface area contributed by atoms with Gasteiger partial charge in [-0.1, -0.05) is 103 Å². The molecule has 9 rings (SSSR count). The highest BCUT2D eigenvalue weighted by molar-refractivity contribution is 6.18. The molecule has 2 aromatic heterocycles. The van der Waals surface area contributed by atoms with E-state index in [1.54, 1.807) is 0 Å². The van der Waals surface area contributed by atoms with Crippen molar-refractivity contribution in [3.8, 4) is 33.6 Å². The quantitative estimate of drug-likeness (QED) is 0.181. The minimum Gasteiger partial charge on any atom is -0.317 e. The fourth-order valence-corrected chi connectivity index (χ4v) is 6.84. The molecule has 0 amide bonds. The first-order valence-corrected chi connectivity index (χ1v) is 15.6. The minimum absolute atomic E-state index is 1.16. The van der Waals surface area contributed by atoms with E-state index in [0.717, 1.165) is 5.69 Å². The van der Waals surface area contributed by atoms with Gasteiger partial charge in [-0.2, -0.15) is 0 Å². The van der Waals surface area contributed by atoms with Gasteiger partial charge in [-0.15, -0.1) is 13.2 Å². The van der Waals surface area contributed by atoms with Crippen molar-refractivity contribution in [1.82, 2.24) is 9.13 Å². The molecule has 0 N–H and O–H groups in total. The lowest BCUT2D eigenvalue weighted by atomic mass is 9.98. The summed E-state index contributed by atoms with van der Waals surface area (Å²) in [5.74, 6) is 0. The van der Waals surface area contributed by atoms with Crippen LogP contribution in [0.5, 0.6) is 0 Å². The Morgan fingerprint density at radius 2 is 0.935 bits per heavy atom. The molecule has 2 heteroatoms. The molecule has 46 heavy (non-hydrogen) atoms. The molecule has 0 aliphatic heterocycles. The normalized spacial score (nSPS) is 11.2. The number of aromatic nitrogens is 2. The van der Waals surface area contributed by atoms with Gasteiger partial charge in [0.05, 0.1) is 16.6 Å². The number of benzene rings is 7. The lowest BCUT2D eigenvalue weighted by Gasteiger charge is -2.14. The van der Waals surface area contributed by atoms with E-state index in [2.05, 4.69) is 192 Å². The van der Waals surface area contributed by atoms with Crippen molar-refractivity contribution in [1.29, 1.82) is 0 Å². The Morgan fingerprint density at radius 3 is 1.61 bits per heavy atom. The van der Waals surface area contributed by atoms with E-state index in [1.807, 2.05) is 0 Å². The monoisotopic (exact) mass is 588 g/mol. The standard InChI is InChI=1S/C42H28N2.C2H4/c1-4-12-29(13-5-1)32-24-33(30-14-6-2-7-15-30)26-35(25-32)44-41-19-11-10-18-36(41)39-28-38-31(27-42(39)44)20-21-40-37(38)22-23-43(40)34-16-8-3-9-17-34;1-2/h1-28H;1-2H2. The Balaban J connectivity index is 0.00000153. The van der Waals surface area contributed by atoms with Crippen LogP contribution in [-0.4, -0.2) is 9.13 Å². The fourth-order valence-electron chi connectivity index (χ4n) is 6.84. The van der Waals surface area contributed by atoms with E-state index < -0.39 is 0 Å². The maximum Gasteiger partial charge on any atom is 0.0547 e. The summed E-state index contributed by atoms with van der Waals surface area (Å²) in [6.45, 7) is 6.00. The molecule has 0 unspecified atom stereocenters. The molecule has 2 nitrogen and oxygen atoms in total. The van der Waals surface area contributed by atoms with Crippen LogP contribution in [0.3, 0.4) is 0 Å². The van der Waals surface area contributed by atoms with Crippen molar-refractivity contribution in [3.63, 3.8) is 0 Å². The molecule has 0 bridgehead atoms. The SMILES string of the molecule is C=C.c1ccc(-c2cc(-c3ccccc3)cc(-n3c4ccccc4c4cc5c(ccc6c5ccn6-c5ccccc5)cc43)c2)cc1. The van der Waals surface area contributed by atoms with Crippen LogP contribution in [0.4, 0.5) is 0 Å². The van der Waals surface area contributed by atoms with E-state index in [0.29, 0.717) is 0 Å². The molecule has 2 heterocycles. The van der Waals surface area contributed by atoms with Crippen molar-refractivity contribution in [2.75, 3.05) is 0 Å². The van der Waals surface area contributed by atoms with Crippen LogP contribution in [0.2, 0.25) is 0 Å². The first-order chi connectivity index (χ1) is 22.8. The van der Waals surface area contributed by atoms with Crippen LogP contribution in [0, 0.1) is 0 Å². The number of fused-ring (bicyclic) bond motifs is 6. The molecule has 0 fully saturated rings. The van der Waals surface area contributed by atoms with Gasteiger partial charge in [-0.05, 0) is 93.7 Å². The zero-order valence-corrected chi connectivity index (χ0v) is 25.5. The lowest BCUT2D eigenvalue weighted by Crippen LogP contribution is -1.96. The Bertz CT molecular complexity index is 2430. The van der Waals surface area contributed by atoms with Gasteiger partial charge in [-0.3, -0.25) is 0 Å². The molecule has 0 aliphatic carbocycles. The van der Waals surface area contributed by atoms with Gasteiger partial charge < -0.3 is 9.13 Å². The van der Waals surface area contributed by atoms with Gasteiger partial charge in [0.2, 0.25) is 0 Å². The molecule has 0 radical (unpaired) electrons. The smallest absolute Gasteiger partial charge is 0.0547 e. The summed E-state index contributed by atoms with van der Waals surface area (Å²) >= 11 is 0. The molecular formula is C44H32N2. The summed E-state index contributed by atoms with van der Waals surface area (Å²) in [5, 5.41) is 6.30. The van der Waals surface area contributed by atoms with Crippen LogP contribution < -0.4 is 0 Å². The second kappa shape index (κ2) is 11.4. The zero-order valence-electron chi connectivity index (χ0n) is 25.5. The maximum atomic E-state index is 3.00. The van der Waals surface area contributed by atoms with E-state index in [9.17, 15) is 0 Å². The van der Waals surface area contributed by atoms with Crippen molar-refractivity contribution in [2.45, 2.75) is 0 Å². The Morgan fingerprint density at radius 1 is 0.348 bits per heavy atom. The fraction of sp³-hybridized carbons (Fsp3) is 0. The average Bonchev–Trinajstić information content (AvgIpc) is 3.72. The number of hydrogen-bond donors (Lipinski definition) is 0. The van der Waals surface area contributed by atoms with Gasteiger partial charge in [0.25, 0.3) is 0 Å². The highest BCUT2D eigenvalue weighted by atomic mass is 15.0. The number of hydrogen-bond acceptors (Lipinski definition) is 0. The maximum absolute atomic E-state index is 3.00. The van der Waals surface area contributed by atoms with E-state index in [4.69, 9.17) is 0 Å². The molecule has 9 aromatic rings. The summed E-state index contributed by atoms with van der Waals surface area (Å²) in [7, 11) is 0.